The smallest absolute Gasteiger partial charge is 0.198 e. The summed E-state index contributed by atoms with van der Waals surface area (Å²) >= 11 is 0. The second-order valence-electron chi connectivity index (χ2n) is 7.39. The van der Waals surface area contributed by atoms with Gasteiger partial charge in [-0.15, -0.1) is 0 Å². The average Bonchev–Trinajstić information content (AvgIpc) is 2.98. The molecule has 1 aliphatic heterocycles. The van der Waals surface area contributed by atoms with Crippen molar-refractivity contribution < 1.29 is 19.5 Å². The second kappa shape index (κ2) is 13.3. The summed E-state index contributed by atoms with van der Waals surface area (Å²) in [6, 6.07) is 0. The number of quaternary nitrogens is 1. The number of hydrogen-bond donors (Lipinski definition) is 1. The molecule has 1 N–H and O–H groups in total. The van der Waals surface area contributed by atoms with Crippen molar-refractivity contribution in [3.8, 4) is 0 Å². The van der Waals surface area contributed by atoms with E-state index >= 15 is 0 Å². The van der Waals surface area contributed by atoms with Gasteiger partial charge in [-0.2, -0.15) is 0 Å². The lowest BCUT2D eigenvalue weighted by Crippen LogP contribution is -2.54. The number of carbonyl (C=O) groups is 1. The van der Waals surface area contributed by atoms with Gasteiger partial charge in [0.2, 0.25) is 0 Å². The monoisotopic (exact) mass is 354 g/mol. The number of rotatable bonds is 16. The molecule has 5 heteroatoms. The lowest BCUT2D eigenvalue weighted by molar-refractivity contribution is -0.836. The lowest BCUT2D eigenvalue weighted by atomic mass is 10.1. The highest BCUT2D eigenvalue weighted by Gasteiger charge is 2.36. The number of hydrogen-bond acceptors (Lipinski definition) is 4. The maximum absolute atomic E-state index is 10.8. The number of carboxylic acids is 1. The van der Waals surface area contributed by atoms with Gasteiger partial charge in [-0.25, -0.2) is 4.99 Å². The third kappa shape index (κ3) is 8.82. The highest BCUT2D eigenvalue weighted by molar-refractivity contribution is 5.77. The molecule has 0 fully saturated rings. The Morgan fingerprint density at radius 1 is 1.04 bits per heavy atom. The van der Waals surface area contributed by atoms with Crippen LogP contribution in [-0.4, -0.2) is 54.2 Å². The van der Waals surface area contributed by atoms with Crippen LogP contribution >= 0.6 is 0 Å². The highest BCUT2D eigenvalue weighted by atomic mass is 16.4. The first kappa shape index (κ1) is 22.1. The third-order valence-electron chi connectivity index (χ3n) is 5.40. The zero-order valence-electron chi connectivity index (χ0n) is 16.2. The first-order chi connectivity index (χ1) is 12.1. The van der Waals surface area contributed by atoms with Gasteiger partial charge in [-0.1, -0.05) is 64.7 Å². The van der Waals surface area contributed by atoms with Crippen molar-refractivity contribution >= 4 is 11.8 Å². The number of unbranched alkanes of at least 4 members (excludes halogenated alkanes) is 9. The maximum Gasteiger partial charge on any atom is 0.198 e. The third-order valence-corrected chi connectivity index (χ3v) is 5.40. The SMILES string of the molecule is CCCCCCCCCCCCC1=NCC[N+]1(CCO)CCC(=O)[O-]. The fraction of sp³-hybridized carbons (Fsp3) is 0.900. The molecule has 1 heterocycles. The first-order valence-electron chi connectivity index (χ1n) is 10.4. The van der Waals surface area contributed by atoms with Crippen LogP contribution in [0.2, 0.25) is 0 Å². The number of aliphatic hydroxyl groups is 1. The quantitative estimate of drug-likeness (QED) is 0.342. The molecule has 0 aromatic rings. The van der Waals surface area contributed by atoms with E-state index in [0.29, 0.717) is 17.6 Å². The van der Waals surface area contributed by atoms with Gasteiger partial charge in [0.05, 0.1) is 19.7 Å². The van der Waals surface area contributed by atoms with Crippen LogP contribution in [-0.2, 0) is 4.79 Å². The molecule has 0 aliphatic carbocycles. The minimum absolute atomic E-state index is 0.0387. The van der Waals surface area contributed by atoms with E-state index in [0.717, 1.165) is 31.8 Å². The summed E-state index contributed by atoms with van der Waals surface area (Å²) < 4.78 is 0.557. The Morgan fingerprint density at radius 3 is 2.20 bits per heavy atom. The Labute approximate surface area is 153 Å². The number of nitrogens with zero attached hydrogens (tertiary/aromatic N) is 2. The van der Waals surface area contributed by atoms with E-state index in [1.165, 1.54) is 57.8 Å². The first-order valence-corrected chi connectivity index (χ1v) is 10.4. The number of carboxylic acid groups (broad SMARTS) is 1. The zero-order valence-corrected chi connectivity index (χ0v) is 16.2. The molecule has 0 saturated heterocycles. The van der Waals surface area contributed by atoms with Crippen LogP contribution in [0.3, 0.4) is 0 Å². The molecule has 0 bridgehead atoms. The van der Waals surface area contributed by atoms with Crippen molar-refractivity contribution in [3.63, 3.8) is 0 Å². The summed E-state index contributed by atoms with van der Waals surface area (Å²) in [6.07, 6.45) is 14.1. The highest BCUT2D eigenvalue weighted by Crippen LogP contribution is 2.21. The molecule has 1 aliphatic rings. The fourth-order valence-electron chi connectivity index (χ4n) is 3.83. The van der Waals surface area contributed by atoms with Gasteiger partial charge >= 0.3 is 0 Å². The van der Waals surface area contributed by atoms with Crippen molar-refractivity contribution in [2.45, 2.75) is 84.0 Å². The molecule has 1 rings (SSSR count). The van der Waals surface area contributed by atoms with Gasteiger partial charge < -0.3 is 15.0 Å². The Morgan fingerprint density at radius 2 is 1.64 bits per heavy atom. The summed E-state index contributed by atoms with van der Waals surface area (Å²) in [6.45, 7) is 4.97. The van der Waals surface area contributed by atoms with Crippen LogP contribution in [0.25, 0.3) is 0 Å². The summed E-state index contributed by atoms with van der Waals surface area (Å²) in [5, 5.41) is 20.2. The van der Waals surface area contributed by atoms with E-state index in [1.807, 2.05) is 0 Å². The molecule has 0 aromatic heterocycles. The molecule has 0 amide bonds. The lowest BCUT2D eigenvalue weighted by Gasteiger charge is -2.34. The van der Waals surface area contributed by atoms with Gasteiger partial charge in [-0.3, -0.25) is 4.48 Å². The summed E-state index contributed by atoms with van der Waals surface area (Å²) in [5.74, 6) is 0.0792. The number of aliphatic carboxylic acids is 1. The summed E-state index contributed by atoms with van der Waals surface area (Å²) in [7, 11) is 0. The number of aliphatic hydroxyl groups excluding tert-OH is 1. The normalized spacial score (nSPS) is 20.0. The molecule has 0 aromatic carbocycles. The van der Waals surface area contributed by atoms with E-state index < -0.39 is 5.97 Å². The van der Waals surface area contributed by atoms with Crippen LogP contribution in [0.1, 0.15) is 84.0 Å². The van der Waals surface area contributed by atoms with Crippen molar-refractivity contribution in [2.75, 3.05) is 32.8 Å². The Balaban J connectivity index is 2.20. The number of aliphatic imine (C=N–C) groups is 1. The van der Waals surface area contributed by atoms with Gasteiger partial charge in [0, 0.05) is 18.8 Å². The van der Waals surface area contributed by atoms with Crippen molar-refractivity contribution in [2.24, 2.45) is 4.99 Å². The van der Waals surface area contributed by atoms with Crippen LogP contribution in [0.4, 0.5) is 0 Å². The average molecular weight is 355 g/mol. The van der Waals surface area contributed by atoms with E-state index in [1.54, 1.807) is 0 Å². The predicted molar refractivity (Wildman–Crippen MR) is 100 cm³/mol. The van der Waals surface area contributed by atoms with Crippen LogP contribution in [0.15, 0.2) is 4.99 Å². The van der Waals surface area contributed by atoms with Gasteiger partial charge in [0.1, 0.15) is 13.1 Å². The summed E-state index contributed by atoms with van der Waals surface area (Å²) in [5.41, 5.74) is 0. The fourth-order valence-corrected chi connectivity index (χ4v) is 3.83. The maximum atomic E-state index is 10.8. The molecule has 5 nitrogen and oxygen atoms in total. The van der Waals surface area contributed by atoms with E-state index in [4.69, 9.17) is 0 Å². The van der Waals surface area contributed by atoms with Gasteiger partial charge in [0.25, 0.3) is 0 Å². The molecular formula is C20H38N2O3. The second-order valence-corrected chi connectivity index (χ2v) is 7.39. The van der Waals surface area contributed by atoms with Crippen molar-refractivity contribution in [3.05, 3.63) is 0 Å². The number of carbonyl (C=O) groups excluding carboxylic acids is 1. The van der Waals surface area contributed by atoms with Gasteiger partial charge in [0.15, 0.2) is 5.84 Å². The molecular weight excluding hydrogens is 316 g/mol. The van der Waals surface area contributed by atoms with Crippen molar-refractivity contribution in [1.82, 2.24) is 0 Å². The molecule has 1 atom stereocenters. The Kier molecular flexibility index (Phi) is 11.7. The van der Waals surface area contributed by atoms with E-state index in [-0.39, 0.29) is 13.0 Å². The molecule has 146 valence electrons. The predicted octanol–water partition coefficient (Wildman–Crippen LogP) is 2.66. The standard InChI is InChI=1S/C20H38N2O3/c1-2-3-4-5-6-7-8-9-10-11-12-19-21-14-16-22(19,17-18-23)15-13-20(24)25/h23H,2-18H2,1H3. The van der Waals surface area contributed by atoms with Crippen molar-refractivity contribution in [1.29, 1.82) is 0 Å². The van der Waals surface area contributed by atoms with Gasteiger partial charge in [-0.05, 0) is 6.42 Å². The molecule has 0 radical (unpaired) electrons. The molecule has 25 heavy (non-hydrogen) atoms. The largest absolute Gasteiger partial charge is 0.550 e. The molecule has 1 unspecified atom stereocenters. The molecule has 0 spiro atoms. The van der Waals surface area contributed by atoms with Crippen LogP contribution in [0, 0.1) is 0 Å². The Hall–Kier alpha value is -0.940. The minimum Gasteiger partial charge on any atom is -0.550 e. The molecule has 0 saturated carbocycles. The van der Waals surface area contributed by atoms with Crippen LogP contribution < -0.4 is 5.11 Å². The summed E-state index contributed by atoms with van der Waals surface area (Å²) in [4.78, 5) is 15.5. The van der Waals surface area contributed by atoms with E-state index in [2.05, 4.69) is 11.9 Å². The zero-order chi connectivity index (χ0) is 18.4. The van der Waals surface area contributed by atoms with E-state index in [9.17, 15) is 15.0 Å². The minimum atomic E-state index is -1.01. The van der Waals surface area contributed by atoms with Crippen LogP contribution in [0.5, 0.6) is 0 Å². The number of amidine groups is 1. The Bertz CT molecular complexity index is 398. The topological polar surface area (TPSA) is 72.7 Å².